The van der Waals surface area contributed by atoms with Crippen molar-refractivity contribution in [3.05, 3.63) is 0 Å². The molecule has 0 aromatic rings. The minimum absolute atomic E-state index is 0.128. The highest BCUT2D eigenvalue weighted by Gasteiger charge is 2.63. The molecule has 3 aliphatic rings. The molecular weight excluding hydrogens is 299 g/mol. The van der Waals surface area contributed by atoms with E-state index in [1.165, 1.54) is 96.3 Å². The molecule has 3 fully saturated rings. The van der Waals surface area contributed by atoms with Gasteiger partial charge in [0.15, 0.2) is 0 Å². The molecule has 0 N–H and O–H groups in total. The van der Waals surface area contributed by atoms with Gasteiger partial charge in [-0.25, -0.2) is 0 Å². The van der Waals surface area contributed by atoms with Crippen molar-refractivity contribution in [2.45, 2.75) is 133 Å². The summed E-state index contributed by atoms with van der Waals surface area (Å²) in [6.45, 7) is 7.35. The normalized spacial score (nSPS) is 30.7. The maximum Gasteiger partial charge on any atom is 0.104 e. The van der Waals surface area contributed by atoms with Crippen molar-refractivity contribution in [1.82, 2.24) is 0 Å². The smallest absolute Gasteiger partial charge is 0.104 e. The molecule has 0 radical (unpaired) electrons. The summed E-state index contributed by atoms with van der Waals surface area (Å²) in [5.41, 5.74) is 0. The zero-order chi connectivity index (χ0) is 16.6. The molecule has 23 heavy (non-hydrogen) atoms. The topological polar surface area (TPSA) is 17.1 Å². The number of rotatable bonds is 3. The van der Waals surface area contributed by atoms with Crippen LogP contribution in [0.15, 0.2) is 0 Å². The van der Waals surface area contributed by atoms with E-state index in [1.807, 2.05) is 0 Å². The van der Waals surface area contributed by atoms with Crippen LogP contribution in [0.3, 0.4) is 0 Å². The van der Waals surface area contributed by atoms with Crippen molar-refractivity contribution in [3.63, 3.8) is 0 Å². The van der Waals surface area contributed by atoms with E-state index in [0.717, 1.165) is 0 Å². The molecule has 0 spiro atoms. The first-order chi connectivity index (χ1) is 10.9. The number of hydrogen-bond donors (Lipinski definition) is 0. The molecule has 1 nitrogen and oxygen atoms in total. The molecule has 0 aliphatic heterocycles. The summed E-state index contributed by atoms with van der Waals surface area (Å²) in [5, 5.41) is 0.385. The Bertz CT molecular complexity index is 382. The molecule has 0 aromatic carbocycles. The minimum Gasteiger partial charge on any atom is -0.322 e. The van der Waals surface area contributed by atoms with E-state index in [9.17, 15) is 0 Å². The fourth-order valence-corrected chi connectivity index (χ4v) is 13.6. The zero-order valence-corrected chi connectivity index (χ0v) is 16.9. The summed E-state index contributed by atoms with van der Waals surface area (Å²) in [7, 11) is -2.28. The van der Waals surface area contributed by atoms with Gasteiger partial charge in [0.2, 0.25) is 0 Å². The van der Waals surface area contributed by atoms with Crippen LogP contribution in [0.4, 0.5) is 0 Å². The molecule has 134 valence electrons. The van der Waals surface area contributed by atoms with E-state index in [0.29, 0.717) is 0 Å². The quantitative estimate of drug-likeness (QED) is 0.486. The van der Waals surface area contributed by atoms with Gasteiger partial charge >= 0.3 is 0 Å². The SMILES string of the molecule is CC1(P(=O)(C2(C)CCCCC2)C2(C)CCCCC2)CCCCC1. The second kappa shape index (κ2) is 6.51. The van der Waals surface area contributed by atoms with Crippen molar-refractivity contribution in [2.24, 2.45) is 0 Å². The van der Waals surface area contributed by atoms with Crippen molar-refractivity contribution < 1.29 is 4.57 Å². The van der Waals surface area contributed by atoms with Crippen LogP contribution in [-0.4, -0.2) is 15.5 Å². The van der Waals surface area contributed by atoms with Gasteiger partial charge in [-0.15, -0.1) is 0 Å². The highest BCUT2D eigenvalue weighted by atomic mass is 31.2. The molecule has 0 bridgehead atoms. The van der Waals surface area contributed by atoms with Crippen molar-refractivity contribution >= 4 is 7.14 Å². The van der Waals surface area contributed by atoms with Gasteiger partial charge in [0.1, 0.15) is 7.14 Å². The fraction of sp³-hybridized carbons (Fsp3) is 1.00. The van der Waals surface area contributed by atoms with Crippen molar-refractivity contribution in [3.8, 4) is 0 Å². The predicted octanol–water partition coefficient (Wildman–Crippen LogP) is 7.52. The molecule has 0 aromatic heterocycles. The highest BCUT2D eigenvalue weighted by Crippen LogP contribution is 2.81. The Morgan fingerprint density at radius 3 is 0.913 bits per heavy atom. The van der Waals surface area contributed by atoms with E-state index in [1.54, 1.807) is 0 Å². The van der Waals surface area contributed by atoms with E-state index < -0.39 is 7.14 Å². The highest BCUT2D eigenvalue weighted by molar-refractivity contribution is 7.68. The summed E-state index contributed by atoms with van der Waals surface area (Å²) in [5.74, 6) is 0. The first-order valence-electron chi connectivity index (χ1n) is 10.5. The zero-order valence-electron chi connectivity index (χ0n) is 16.0. The molecule has 0 atom stereocenters. The van der Waals surface area contributed by atoms with Gasteiger partial charge in [-0.2, -0.15) is 0 Å². The monoisotopic (exact) mass is 338 g/mol. The summed E-state index contributed by atoms with van der Waals surface area (Å²) in [6, 6.07) is 0. The summed E-state index contributed by atoms with van der Waals surface area (Å²) in [6.07, 6.45) is 19.4. The third kappa shape index (κ3) is 2.78. The molecule has 2 heteroatoms. The molecule has 3 aliphatic carbocycles. The molecule has 3 saturated carbocycles. The standard InChI is InChI=1S/C21H39OP/c1-19(13-7-4-8-14-19)23(22,20(2)15-9-5-10-16-20)21(3)17-11-6-12-18-21/h4-18H2,1-3H3. The molecule has 3 rings (SSSR count). The van der Waals surface area contributed by atoms with Gasteiger partial charge < -0.3 is 4.57 Å². The Morgan fingerprint density at radius 1 is 0.478 bits per heavy atom. The van der Waals surface area contributed by atoms with Crippen LogP contribution in [0.2, 0.25) is 0 Å². The van der Waals surface area contributed by atoms with Crippen LogP contribution in [0.1, 0.15) is 117 Å². The maximum absolute atomic E-state index is 15.2. The average molecular weight is 339 g/mol. The van der Waals surface area contributed by atoms with E-state index in [-0.39, 0.29) is 15.5 Å². The van der Waals surface area contributed by atoms with Crippen LogP contribution < -0.4 is 0 Å². The minimum atomic E-state index is -2.28. The second-order valence-electron chi connectivity index (χ2n) is 9.78. The molecular formula is C21H39OP. The Kier molecular flexibility index (Phi) is 5.10. The van der Waals surface area contributed by atoms with Crippen LogP contribution in [0.5, 0.6) is 0 Å². The lowest BCUT2D eigenvalue weighted by Gasteiger charge is -2.59. The third-order valence-corrected chi connectivity index (χ3v) is 14.0. The molecule has 0 unspecified atom stereocenters. The van der Waals surface area contributed by atoms with Crippen LogP contribution >= 0.6 is 7.14 Å². The Hall–Kier alpha value is 0.230. The van der Waals surface area contributed by atoms with Crippen LogP contribution in [0, 0.1) is 0 Å². The first-order valence-corrected chi connectivity index (χ1v) is 12.2. The van der Waals surface area contributed by atoms with Crippen molar-refractivity contribution in [1.29, 1.82) is 0 Å². The van der Waals surface area contributed by atoms with Crippen molar-refractivity contribution in [2.75, 3.05) is 0 Å². The van der Waals surface area contributed by atoms with Crippen LogP contribution in [-0.2, 0) is 4.57 Å². The number of hydrogen-bond acceptors (Lipinski definition) is 1. The fourth-order valence-electron chi connectivity index (χ4n) is 6.84. The largest absolute Gasteiger partial charge is 0.322 e. The first kappa shape index (κ1) is 18.0. The van der Waals surface area contributed by atoms with E-state index in [4.69, 9.17) is 0 Å². The summed E-state index contributed by atoms with van der Waals surface area (Å²) < 4.78 is 15.2. The predicted molar refractivity (Wildman–Crippen MR) is 102 cm³/mol. The molecule has 0 heterocycles. The van der Waals surface area contributed by atoms with Gasteiger partial charge in [0.25, 0.3) is 0 Å². The lowest BCUT2D eigenvalue weighted by molar-refractivity contribution is 0.306. The maximum atomic E-state index is 15.2. The van der Waals surface area contributed by atoms with Gasteiger partial charge in [0, 0.05) is 15.5 Å². The Labute approximate surface area is 144 Å². The lowest BCUT2D eigenvalue weighted by atomic mass is 9.87. The molecule has 0 amide bonds. The van der Waals surface area contributed by atoms with E-state index in [2.05, 4.69) is 20.8 Å². The van der Waals surface area contributed by atoms with Crippen LogP contribution in [0.25, 0.3) is 0 Å². The van der Waals surface area contributed by atoms with Gasteiger partial charge in [-0.3, -0.25) is 0 Å². The third-order valence-electron chi connectivity index (χ3n) is 8.07. The Balaban J connectivity index is 2.06. The van der Waals surface area contributed by atoms with Gasteiger partial charge in [0.05, 0.1) is 0 Å². The summed E-state index contributed by atoms with van der Waals surface area (Å²) >= 11 is 0. The Morgan fingerprint density at radius 2 is 0.696 bits per heavy atom. The molecule has 0 saturated heterocycles. The average Bonchev–Trinajstić information content (AvgIpc) is 2.56. The summed E-state index contributed by atoms with van der Waals surface area (Å²) in [4.78, 5) is 0. The van der Waals surface area contributed by atoms with Gasteiger partial charge in [-0.1, -0.05) is 78.6 Å². The second-order valence-corrected chi connectivity index (χ2v) is 14.2. The van der Waals surface area contributed by atoms with E-state index >= 15 is 4.57 Å². The van der Waals surface area contributed by atoms with Gasteiger partial charge in [-0.05, 0) is 38.5 Å². The lowest BCUT2D eigenvalue weighted by Crippen LogP contribution is -2.49.